The number of rotatable bonds is 2. The number of amides is 2. The van der Waals surface area contributed by atoms with Gasteiger partial charge in [0.05, 0.1) is 0 Å². The van der Waals surface area contributed by atoms with Gasteiger partial charge in [-0.2, -0.15) is 0 Å². The van der Waals surface area contributed by atoms with Crippen LogP contribution in [-0.4, -0.2) is 54.3 Å². The molecule has 2 fully saturated rings. The van der Waals surface area contributed by atoms with Crippen molar-refractivity contribution in [2.45, 2.75) is 51.1 Å². The maximum absolute atomic E-state index is 12.7. The Balaban J connectivity index is 2.03. The maximum atomic E-state index is 12.7. The third-order valence-corrected chi connectivity index (χ3v) is 4.87. The van der Waals surface area contributed by atoms with E-state index in [0.717, 1.165) is 32.1 Å². The summed E-state index contributed by atoms with van der Waals surface area (Å²) in [6.45, 7) is 2.87. The summed E-state index contributed by atoms with van der Waals surface area (Å²) >= 11 is 0. The molecule has 2 amide bonds. The molecule has 0 radical (unpaired) electrons. The third kappa shape index (κ3) is 2.97. The quantitative estimate of drug-likeness (QED) is 0.815. The SMILES string of the molecule is CC1CCC(C(=O)N2CCCC2C(=O)N(C)C)CC1N. The van der Waals surface area contributed by atoms with E-state index in [-0.39, 0.29) is 29.8 Å². The summed E-state index contributed by atoms with van der Waals surface area (Å²) in [5.74, 6) is 0.697. The van der Waals surface area contributed by atoms with E-state index in [0.29, 0.717) is 12.5 Å². The molecular weight excluding hydrogens is 254 g/mol. The zero-order chi connectivity index (χ0) is 14.9. The molecule has 4 atom stereocenters. The molecule has 2 N–H and O–H groups in total. The zero-order valence-corrected chi connectivity index (χ0v) is 12.8. The number of carbonyl (C=O) groups excluding carboxylic acids is 2. The van der Waals surface area contributed by atoms with Gasteiger partial charge in [-0.15, -0.1) is 0 Å². The zero-order valence-electron chi connectivity index (χ0n) is 12.8. The van der Waals surface area contributed by atoms with Gasteiger partial charge in [0.1, 0.15) is 6.04 Å². The average molecular weight is 281 g/mol. The van der Waals surface area contributed by atoms with Crippen LogP contribution < -0.4 is 5.73 Å². The number of likely N-dealkylation sites (tertiary alicyclic amines) is 1. The van der Waals surface area contributed by atoms with Crippen LogP contribution in [-0.2, 0) is 9.59 Å². The maximum Gasteiger partial charge on any atom is 0.244 e. The molecular formula is C15H27N3O2. The molecule has 20 heavy (non-hydrogen) atoms. The van der Waals surface area contributed by atoms with Gasteiger partial charge >= 0.3 is 0 Å². The van der Waals surface area contributed by atoms with Crippen molar-refractivity contribution < 1.29 is 9.59 Å². The van der Waals surface area contributed by atoms with Crippen molar-refractivity contribution in [3.05, 3.63) is 0 Å². The second-order valence-corrected chi connectivity index (χ2v) is 6.57. The molecule has 1 aliphatic heterocycles. The normalized spacial score (nSPS) is 34.1. The highest BCUT2D eigenvalue weighted by Gasteiger charge is 2.39. The first-order valence-corrected chi connectivity index (χ1v) is 7.69. The van der Waals surface area contributed by atoms with E-state index >= 15 is 0 Å². The summed E-state index contributed by atoms with van der Waals surface area (Å²) in [4.78, 5) is 28.2. The lowest BCUT2D eigenvalue weighted by atomic mass is 9.79. The number of hydrogen-bond donors (Lipinski definition) is 1. The van der Waals surface area contributed by atoms with Gasteiger partial charge in [-0.25, -0.2) is 0 Å². The molecule has 0 spiro atoms. The molecule has 2 rings (SSSR count). The predicted molar refractivity (Wildman–Crippen MR) is 77.9 cm³/mol. The number of likely N-dealkylation sites (N-methyl/N-ethyl adjacent to an activating group) is 1. The second kappa shape index (κ2) is 6.12. The number of hydrogen-bond acceptors (Lipinski definition) is 3. The van der Waals surface area contributed by atoms with Gasteiger partial charge in [0.15, 0.2) is 0 Å². The van der Waals surface area contributed by atoms with Crippen LogP contribution in [0.2, 0.25) is 0 Å². The van der Waals surface area contributed by atoms with Crippen molar-refractivity contribution in [3.8, 4) is 0 Å². The summed E-state index contributed by atoms with van der Waals surface area (Å²) in [5, 5.41) is 0. The molecule has 4 unspecified atom stereocenters. The summed E-state index contributed by atoms with van der Waals surface area (Å²) in [7, 11) is 3.50. The minimum absolute atomic E-state index is 0.0109. The Morgan fingerprint density at radius 1 is 1.20 bits per heavy atom. The molecule has 0 aromatic carbocycles. The van der Waals surface area contributed by atoms with E-state index in [1.54, 1.807) is 23.9 Å². The molecule has 5 nitrogen and oxygen atoms in total. The number of nitrogens with two attached hydrogens (primary N) is 1. The molecule has 5 heteroatoms. The fraction of sp³-hybridized carbons (Fsp3) is 0.867. The van der Waals surface area contributed by atoms with Crippen LogP contribution in [0.4, 0.5) is 0 Å². The first-order chi connectivity index (χ1) is 9.41. The molecule has 114 valence electrons. The average Bonchev–Trinajstić information content (AvgIpc) is 2.89. The first kappa shape index (κ1) is 15.3. The van der Waals surface area contributed by atoms with E-state index in [4.69, 9.17) is 5.73 Å². The van der Waals surface area contributed by atoms with E-state index in [2.05, 4.69) is 6.92 Å². The van der Waals surface area contributed by atoms with E-state index in [9.17, 15) is 9.59 Å². The monoisotopic (exact) mass is 281 g/mol. The van der Waals surface area contributed by atoms with Crippen molar-refractivity contribution in [1.29, 1.82) is 0 Å². The predicted octanol–water partition coefficient (Wildman–Crippen LogP) is 0.829. The molecule has 1 saturated heterocycles. The number of nitrogens with zero attached hydrogens (tertiary/aromatic N) is 2. The lowest BCUT2D eigenvalue weighted by molar-refractivity contribution is -0.145. The Morgan fingerprint density at radius 3 is 2.50 bits per heavy atom. The molecule has 1 saturated carbocycles. The lowest BCUT2D eigenvalue weighted by Crippen LogP contribution is -2.49. The van der Waals surface area contributed by atoms with Gasteiger partial charge in [-0.3, -0.25) is 9.59 Å². The molecule has 1 aliphatic carbocycles. The Kier molecular flexibility index (Phi) is 4.68. The van der Waals surface area contributed by atoms with Crippen molar-refractivity contribution in [1.82, 2.24) is 9.80 Å². The van der Waals surface area contributed by atoms with Crippen LogP contribution in [0, 0.1) is 11.8 Å². The van der Waals surface area contributed by atoms with Crippen LogP contribution in [0.5, 0.6) is 0 Å². The molecule has 0 aromatic rings. The van der Waals surface area contributed by atoms with E-state index in [1.807, 2.05) is 0 Å². The Labute approximate surface area is 121 Å². The fourth-order valence-electron chi connectivity index (χ4n) is 3.40. The van der Waals surface area contributed by atoms with Gasteiger partial charge in [0.2, 0.25) is 11.8 Å². The molecule has 0 aromatic heterocycles. The van der Waals surface area contributed by atoms with Gasteiger partial charge in [0.25, 0.3) is 0 Å². The highest BCUT2D eigenvalue weighted by atomic mass is 16.2. The Hall–Kier alpha value is -1.10. The van der Waals surface area contributed by atoms with E-state index in [1.165, 1.54) is 0 Å². The van der Waals surface area contributed by atoms with Crippen LogP contribution in [0.15, 0.2) is 0 Å². The summed E-state index contributed by atoms with van der Waals surface area (Å²) in [6.07, 6.45) is 4.40. The van der Waals surface area contributed by atoms with Crippen LogP contribution in [0.25, 0.3) is 0 Å². The van der Waals surface area contributed by atoms with Crippen molar-refractivity contribution >= 4 is 11.8 Å². The van der Waals surface area contributed by atoms with Gasteiger partial charge < -0.3 is 15.5 Å². The molecule has 0 bridgehead atoms. The Morgan fingerprint density at radius 2 is 1.90 bits per heavy atom. The number of carbonyl (C=O) groups is 2. The summed E-state index contributed by atoms with van der Waals surface area (Å²) < 4.78 is 0. The second-order valence-electron chi connectivity index (χ2n) is 6.57. The minimum atomic E-state index is -0.256. The smallest absolute Gasteiger partial charge is 0.244 e. The van der Waals surface area contributed by atoms with Crippen molar-refractivity contribution in [2.24, 2.45) is 17.6 Å². The first-order valence-electron chi connectivity index (χ1n) is 7.69. The van der Waals surface area contributed by atoms with Crippen molar-refractivity contribution in [3.63, 3.8) is 0 Å². The standard InChI is InChI=1S/C15H27N3O2/c1-10-6-7-11(9-12(10)16)14(19)18-8-4-5-13(18)15(20)17(2)3/h10-13H,4-9,16H2,1-3H3. The topological polar surface area (TPSA) is 66.6 Å². The Bertz CT molecular complexity index is 383. The summed E-state index contributed by atoms with van der Waals surface area (Å²) in [5.41, 5.74) is 6.10. The van der Waals surface area contributed by atoms with Crippen molar-refractivity contribution in [2.75, 3.05) is 20.6 Å². The molecule has 1 heterocycles. The summed E-state index contributed by atoms with van der Waals surface area (Å²) in [6, 6.07) is -0.142. The minimum Gasteiger partial charge on any atom is -0.347 e. The fourth-order valence-corrected chi connectivity index (χ4v) is 3.40. The molecule has 2 aliphatic rings. The highest BCUT2D eigenvalue weighted by Crippen LogP contribution is 2.31. The van der Waals surface area contributed by atoms with E-state index < -0.39 is 0 Å². The van der Waals surface area contributed by atoms with Crippen LogP contribution >= 0.6 is 0 Å². The van der Waals surface area contributed by atoms with Crippen LogP contribution in [0.3, 0.4) is 0 Å². The van der Waals surface area contributed by atoms with Gasteiger partial charge in [-0.05, 0) is 38.0 Å². The lowest BCUT2D eigenvalue weighted by Gasteiger charge is -2.35. The highest BCUT2D eigenvalue weighted by molar-refractivity contribution is 5.89. The van der Waals surface area contributed by atoms with Gasteiger partial charge in [0, 0.05) is 32.6 Å². The largest absolute Gasteiger partial charge is 0.347 e. The third-order valence-electron chi connectivity index (χ3n) is 4.87. The van der Waals surface area contributed by atoms with Crippen LogP contribution in [0.1, 0.15) is 39.0 Å². The van der Waals surface area contributed by atoms with Gasteiger partial charge in [-0.1, -0.05) is 6.92 Å².